The number of halogens is 2. The van der Waals surface area contributed by atoms with Crippen LogP contribution in [0.5, 0.6) is 5.88 Å². The Labute approximate surface area is 238 Å². The van der Waals surface area contributed by atoms with Crippen molar-refractivity contribution in [1.82, 2.24) is 4.98 Å². The zero-order chi connectivity index (χ0) is 26.8. The van der Waals surface area contributed by atoms with Crippen molar-refractivity contribution in [2.24, 2.45) is 0 Å². The van der Waals surface area contributed by atoms with E-state index < -0.39 is 0 Å². The van der Waals surface area contributed by atoms with Crippen molar-refractivity contribution in [2.45, 2.75) is 97.1 Å². The zero-order valence-electron chi connectivity index (χ0n) is 23.0. The van der Waals surface area contributed by atoms with Gasteiger partial charge in [0.15, 0.2) is 5.82 Å². The molecule has 2 aromatic carbocycles. The molecular formula is C33H44BrFN2O. The predicted molar refractivity (Wildman–Crippen MR) is 161 cm³/mol. The first-order valence-electron chi connectivity index (χ1n) is 14.5. The lowest BCUT2D eigenvalue weighted by Gasteiger charge is -2.27. The highest BCUT2D eigenvalue weighted by Crippen LogP contribution is 2.33. The molecular weight excluding hydrogens is 539 g/mol. The Morgan fingerprint density at radius 2 is 1.18 bits per heavy atom. The molecule has 38 heavy (non-hydrogen) atoms. The van der Waals surface area contributed by atoms with Gasteiger partial charge in [0.05, 0.1) is 6.61 Å². The predicted octanol–water partition coefficient (Wildman–Crippen LogP) is 10.3. The summed E-state index contributed by atoms with van der Waals surface area (Å²) in [5, 5.41) is 0. The molecule has 206 valence electrons. The maximum absolute atomic E-state index is 14.7. The van der Waals surface area contributed by atoms with Crippen LogP contribution in [0.3, 0.4) is 0 Å². The smallest absolute Gasteiger partial charge is 0.238 e. The van der Waals surface area contributed by atoms with Gasteiger partial charge >= 0.3 is 0 Å². The number of pyridine rings is 1. The Morgan fingerprint density at radius 3 is 1.68 bits per heavy atom. The van der Waals surface area contributed by atoms with Crippen molar-refractivity contribution in [3.8, 4) is 5.88 Å². The van der Waals surface area contributed by atoms with Gasteiger partial charge in [-0.2, -0.15) is 0 Å². The lowest BCUT2D eigenvalue weighted by molar-refractivity contribution is 0.292. The Morgan fingerprint density at radius 1 is 0.711 bits per heavy atom. The highest BCUT2D eigenvalue weighted by molar-refractivity contribution is 9.10. The van der Waals surface area contributed by atoms with Crippen molar-refractivity contribution < 1.29 is 9.13 Å². The van der Waals surface area contributed by atoms with E-state index in [0.29, 0.717) is 31.3 Å². The van der Waals surface area contributed by atoms with E-state index in [9.17, 15) is 4.39 Å². The second-order valence-electron chi connectivity index (χ2n) is 10.2. The standard InChI is InChI=1S/C33H44BrFN2O/c1-2-3-4-5-6-7-8-9-10-11-12-19-24-38-33-31(25-30(35)32(34)36-33)37(26-28-20-15-13-16-21-28)27-29-22-17-14-18-23-29/h13-18,20-23,25H,2-12,19,24,26-27H2,1H3. The van der Waals surface area contributed by atoms with Gasteiger partial charge in [-0.3, -0.25) is 0 Å². The molecule has 1 aromatic heterocycles. The van der Waals surface area contributed by atoms with E-state index in [1.807, 2.05) is 36.4 Å². The van der Waals surface area contributed by atoms with Crippen LogP contribution in [-0.4, -0.2) is 11.6 Å². The second-order valence-corrected chi connectivity index (χ2v) is 10.9. The van der Waals surface area contributed by atoms with Crippen molar-refractivity contribution in [2.75, 3.05) is 11.5 Å². The van der Waals surface area contributed by atoms with Crippen LogP contribution < -0.4 is 9.64 Å². The summed E-state index contributed by atoms with van der Waals surface area (Å²) in [5.41, 5.74) is 2.98. The fourth-order valence-corrected chi connectivity index (χ4v) is 5.00. The van der Waals surface area contributed by atoms with Crippen LogP contribution in [0.25, 0.3) is 0 Å². The summed E-state index contributed by atoms with van der Waals surface area (Å²) in [6, 6.07) is 22.0. The van der Waals surface area contributed by atoms with E-state index in [0.717, 1.165) is 24.0 Å². The first kappa shape index (κ1) is 30.1. The first-order valence-corrected chi connectivity index (χ1v) is 15.3. The summed E-state index contributed by atoms with van der Waals surface area (Å²) in [7, 11) is 0. The van der Waals surface area contributed by atoms with E-state index in [1.54, 1.807) is 6.07 Å². The third kappa shape index (κ3) is 11.1. The van der Waals surface area contributed by atoms with E-state index in [2.05, 4.69) is 57.0 Å². The molecule has 0 radical (unpaired) electrons. The van der Waals surface area contributed by atoms with Crippen LogP contribution in [0.2, 0.25) is 0 Å². The average molecular weight is 584 g/mol. The molecule has 0 aliphatic rings. The molecule has 0 aliphatic carbocycles. The summed E-state index contributed by atoms with van der Waals surface area (Å²) >= 11 is 3.26. The minimum absolute atomic E-state index is 0.185. The lowest BCUT2D eigenvalue weighted by atomic mass is 10.1. The van der Waals surface area contributed by atoms with Gasteiger partial charge < -0.3 is 9.64 Å². The van der Waals surface area contributed by atoms with Crippen LogP contribution >= 0.6 is 15.9 Å². The number of anilines is 1. The monoisotopic (exact) mass is 582 g/mol. The fraction of sp³-hybridized carbons (Fsp3) is 0.485. The quantitative estimate of drug-likeness (QED) is 0.104. The van der Waals surface area contributed by atoms with E-state index in [4.69, 9.17) is 4.74 Å². The van der Waals surface area contributed by atoms with E-state index >= 15 is 0 Å². The normalized spacial score (nSPS) is 11.0. The van der Waals surface area contributed by atoms with Gasteiger partial charge in [0.1, 0.15) is 10.3 Å². The number of benzene rings is 2. The maximum Gasteiger partial charge on any atom is 0.238 e. The van der Waals surface area contributed by atoms with Gasteiger partial charge in [-0.1, -0.05) is 138 Å². The van der Waals surface area contributed by atoms with Gasteiger partial charge in [0.2, 0.25) is 5.88 Å². The molecule has 0 aliphatic heterocycles. The molecule has 0 amide bonds. The molecule has 0 N–H and O–H groups in total. The zero-order valence-corrected chi connectivity index (χ0v) is 24.6. The third-order valence-corrected chi connectivity index (χ3v) is 7.45. The summed E-state index contributed by atoms with van der Waals surface area (Å²) in [6.45, 7) is 4.12. The minimum atomic E-state index is -0.385. The molecule has 0 saturated heterocycles. The maximum atomic E-state index is 14.7. The van der Waals surface area contributed by atoms with Crippen LogP contribution in [0, 0.1) is 5.82 Å². The minimum Gasteiger partial charge on any atom is -0.476 e. The molecule has 0 spiro atoms. The molecule has 3 rings (SSSR count). The second kappa shape index (κ2) is 18.0. The summed E-state index contributed by atoms with van der Waals surface area (Å²) in [5.74, 6) is 0.0945. The summed E-state index contributed by atoms with van der Waals surface area (Å²) < 4.78 is 21.1. The molecule has 3 aromatic rings. The fourth-order valence-electron chi connectivity index (χ4n) is 4.72. The molecule has 0 fully saturated rings. The van der Waals surface area contributed by atoms with Gasteiger partial charge in [-0.15, -0.1) is 0 Å². The molecule has 0 atom stereocenters. The summed E-state index contributed by atoms with van der Waals surface area (Å²) in [6.07, 6.45) is 15.6. The summed E-state index contributed by atoms with van der Waals surface area (Å²) in [4.78, 5) is 6.59. The van der Waals surface area contributed by atoms with E-state index in [1.165, 1.54) is 64.2 Å². The van der Waals surface area contributed by atoms with Crippen molar-refractivity contribution in [3.05, 3.63) is 88.3 Å². The van der Waals surface area contributed by atoms with Crippen molar-refractivity contribution >= 4 is 21.6 Å². The van der Waals surface area contributed by atoms with Crippen LogP contribution in [-0.2, 0) is 13.1 Å². The van der Waals surface area contributed by atoms with Crippen LogP contribution in [0.4, 0.5) is 10.1 Å². The third-order valence-electron chi connectivity index (χ3n) is 6.89. The lowest BCUT2D eigenvalue weighted by Crippen LogP contribution is -2.23. The topological polar surface area (TPSA) is 25.4 Å². The molecule has 3 nitrogen and oxygen atoms in total. The van der Waals surface area contributed by atoms with Gasteiger partial charge in [-0.05, 0) is 33.5 Å². The number of rotatable bonds is 19. The number of hydrogen-bond acceptors (Lipinski definition) is 3. The Hall–Kier alpha value is -2.40. The number of hydrogen-bond donors (Lipinski definition) is 0. The van der Waals surface area contributed by atoms with Crippen LogP contribution in [0.1, 0.15) is 95.1 Å². The van der Waals surface area contributed by atoms with Crippen molar-refractivity contribution in [3.63, 3.8) is 0 Å². The van der Waals surface area contributed by atoms with Gasteiger partial charge in [0.25, 0.3) is 0 Å². The molecule has 0 bridgehead atoms. The van der Waals surface area contributed by atoms with Crippen LogP contribution in [0.15, 0.2) is 71.3 Å². The van der Waals surface area contributed by atoms with Gasteiger partial charge in [-0.25, -0.2) is 9.37 Å². The van der Waals surface area contributed by atoms with Crippen molar-refractivity contribution in [1.29, 1.82) is 0 Å². The van der Waals surface area contributed by atoms with Gasteiger partial charge in [0, 0.05) is 19.2 Å². The average Bonchev–Trinajstić information content (AvgIpc) is 2.94. The highest BCUT2D eigenvalue weighted by atomic mass is 79.9. The molecule has 0 unspecified atom stereocenters. The number of ether oxygens (including phenoxy) is 1. The Bertz CT molecular complexity index is 990. The Balaban J connectivity index is 1.52. The molecule has 5 heteroatoms. The molecule has 0 saturated carbocycles. The molecule has 1 heterocycles. The number of unbranched alkanes of at least 4 members (excludes halogenated alkanes) is 11. The SMILES string of the molecule is CCCCCCCCCCCCCCOc1nc(Br)c(F)cc1N(Cc1ccccc1)Cc1ccccc1. The highest BCUT2D eigenvalue weighted by Gasteiger charge is 2.19. The first-order chi connectivity index (χ1) is 18.7. The Kier molecular flexibility index (Phi) is 14.3. The van der Waals surface area contributed by atoms with E-state index in [-0.39, 0.29) is 10.4 Å². The largest absolute Gasteiger partial charge is 0.476 e. The number of nitrogens with zero attached hydrogens (tertiary/aromatic N) is 2. The number of aromatic nitrogens is 1.